The van der Waals surface area contributed by atoms with Crippen LogP contribution in [0.1, 0.15) is 26.7 Å². The molecule has 4 nitrogen and oxygen atoms in total. The first-order chi connectivity index (χ1) is 9.99. The predicted molar refractivity (Wildman–Crippen MR) is 96.6 cm³/mol. The Bertz CT molecular complexity index is 212. The molecule has 0 aliphatic rings. The monoisotopic (exact) mass is 358 g/mol. The van der Waals surface area contributed by atoms with E-state index in [2.05, 4.69) is 0 Å². The van der Waals surface area contributed by atoms with E-state index in [4.69, 9.17) is 0 Å². The summed E-state index contributed by atoms with van der Waals surface area (Å²) < 4.78 is 0. The molecule has 7 heteroatoms. The second-order valence-electron chi connectivity index (χ2n) is 5.04. The maximum Gasteiger partial charge on any atom is 0.0720 e. The first-order valence-corrected chi connectivity index (χ1v) is 10.9. The van der Waals surface area contributed by atoms with E-state index in [0.29, 0.717) is 34.5 Å². The maximum absolute atomic E-state index is 9.79. The van der Waals surface area contributed by atoms with Gasteiger partial charge in [0.2, 0.25) is 0 Å². The lowest BCUT2D eigenvalue weighted by atomic mass is 10.3. The van der Waals surface area contributed by atoms with E-state index in [-0.39, 0.29) is 12.2 Å². The SMILES string of the molecule is CCC(O)CSCC(O)CSCC(O)CSCC(O)CC. The van der Waals surface area contributed by atoms with E-state index in [9.17, 15) is 20.4 Å². The lowest BCUT2D eigenvalue weighted by Crippen LogP contribution is -2.20. The average Bonchev–Trinajstić information content (AvgIpc) is 2.46. The van der Waals surface area contributed by atoms with Crippen LogP contribution < -0.4 is 0 Å². The number of thioether (sulfide) groups is 3. The second kappa shape index (κ2) is 14.5. The zero-order valence-corrected chi connectivity index (χ0v) is 15.4. The highest BCUT2D eigenvalue weighted by Gasteiger charge is 2.10. The van der Waals surface area contributed by atoms with E-state index in [1.54, 1.807) is 35.3 Å². The number of rotatable bonds is 14. The molecule has 4 N–H and O–H groups in total. The molecule has 0 radical (unpaired) electrons. The van der Waals surface area contributed by atoms with Gasteiger partial charge < -0.3 is 20.4 Å². The maximum atomic E-state index is 9.79. The molecule has 4 atom stereocenters. The minimum Gasteiger partial charge on any atom is -0.392 e. The van der Waals surface area contributed by atoms with Crippen molar-refractivity contribution in [2.24, 2.45) is 0 Å². The second-order valence-corrected chi connectivity index (χ2v) is 8.27. The molecule has 0 saturated heterocycles. The molecule has 128 valence electrons. The number of hydrogen-bond donors (Lipinski definition) is 4. The highest BCUT2D eigenvalue weighted by molar-refractivity contribution is 8.00. The zero-order chi connectivity index (χ0) is 16.1. The molecule has 0 spiro atoms. The highest BCUT2D eigenvalue weighted by atomic mass is 32.2. The van der Waals surface area contributed by atoms with Gasteiger partial charge in [-0.2, -0.15) is 35.3 Å². The van der Waals surface area contributed by atoms with Crippen molar-refractivity contribution in [3.63, 3.8) is 0 Å². The van der Waals surface area contributed by atoms with Gasteiger partial charge >= 0.3 is 0 Å². The smallest absolute Gasteiger partial charge is 0.0720 e. The normalized spacial score (nSPS) is 17.4. The third kappa shape index (κ3) is 14.2. The zero-order valence-electron chi connectivity index (χ0n) is 13.0. The predicted octanol–water partition coefficient (Wildman–Crippen LogP) is 1.45. The third-order valence-electron chi connectivity index (χ3n) is 2.80. The average molecular weight is 359 g/mol. The van der Waals surface area contributed by atoms with Crippen molar-refractivity contribution in [2.75, 3.05) is 34.5 Å². The van der Waals surface area contributed by atoms with Crippen molar-refractivity contribution in [3.8, 4) is 0 Å². The van der Waals surface area contributed by atoms with Gasteiger partial charge in [0.05, 0.1) is 24.4 Å². The van der Waals surface area contributed by atoms with Gasteiger partial charge in [-0.1, -0.05) is 13.8 Å². The van der Waals surface area contributed by atoms with Gasteiger partial charge in [0, 0.05) is 34.5 Å². The van der Waals surface area contributed by atoms with Crippen LogP contribution in [0.3, 0.4) is 0 Å². The third-order valence-corrected chi connectivity index (χ3v) is 6.53. The lowest BCUT2D eigenvalue weighted by molar-refractivity contribution is 0.194. The van der Waals surface area contributed by atoms with Crippen LogP contribution in [0, 0.1) is 0 Å². The number of aliphatic hydroxyl groups is 4. The molecule has 0 heterocycles. The van der Waals surface area contributed by atoms with Crippen molar-refractivity contribution in [1.82, 2.24) is 0 Å². The summed E-state index contributed by atoms with van der Waals surface area (Å²) in [4.78, 5) is 0. The van der Waals surface area contributed by atoms with Crippen LogP contribution >= 0.6 is 35.3 Å². The van der Waals surface area contributed by atoms with Gasteiger partial charge in [0.1, 0.15) is 0 Å². The quantitative estimate of drug-likeness (QED) is 0.374. The molecule has 0 aromatic rings. The summed E-state index contributed by atoms with van der Waals surface area (Å²) in [6.07, 6.45) is 0.124. The Hall–Kier alpha value is 0.890. The Morgan fingerprint density at radius 3 is 1.00 bits per heavy atom. The van der Waals surface area contributed by atoms with Gasteiger partial charge in [0.25, 0.3) is 0 Å². The fraction of sp³-hybridized carbons (Fsp3) is 1.00. The van der Waals surface area contributed by atoms with Crippen LogP contribution in [-0.4, -0.2) is 79.4 Å². The molecule has 0 bridgehead atoms. The van der Waals surface area contributed by atoms with Gasteiger partial charge in [-0.3, -0.25) is 0 Å². The Labute approximate surface area is 141 Å². The van der Waals surface area contributed by atoms with Crippen LogP contribution in [0.15, 0.2) is 0 Å². The van der Waals surface area contributed by atoms with Crippen molar-refractivity contribution < 1.29 is 20.4 Å². The van der Waals surface area contributed by atoms with Gasteiger partial charge in [-0.15, -0.1) is 0 Å². The molecule has 0 saturated carbocycles. The molecule has 0 aromatic carbocycles. The summed E-state index contributed by atoms with van der Waals surface area (Å²) in [5, 5.41) is 38.4. The molecule has 0 fully saturated rings. The van der Waals surface area contributed by atoms with Gasteiger partial charge in [-0.05, 0) is 12.8 Å². The number of hydrogen-bond acceptors (Lipinski definition) is 7. The molecular weight excluding hydrogens is 328 g/mol. The van der Waals surface area contributed by atoms with Crippen molar-refractivity contribution in [2.45, 2.75) is 51.1 Å². The first-order valence-electron chi connectivity index (χ1n) is 7.45. The van der Waals surface area contributed by atoms with Crippen LogP contribution in [0.25, 0.3) is 0 Å². The summed E-state index contributed by atoms with van der Waals surface area (Å²) in [5.41, 5.74) is 0. The molecule has 0 rings (SSSR count). The van der Waals surface area contributed by atoms with E-state index >= 15 is 0 Å². The number of aliphatic hydroxyl groups excluding tert-OH is 4. The first kappa shape index (κ1) is 21.9. The molecule has 21 heavy (non-hydrogen) atoms. The van der Waals surface area contributed by atoms with Gasteiger partial charge in [-0.25, -0.2) is 0 Å². The van der Waals surface area contributed by atoms with Crippen LogP contribution in [0.5, 0.6) is 0 Å². The Morgan fingerprint density at radius 2 is 0.762 bits per heavy atom. The fourth-order valence-electron chi connectivity index (χ4n) is 1.35. The molecule has 0 aliphatic carbocycles. The van der Waals surface area contributed by atoms with E-state index < -0.39 is 12.2 Å². The topological polar surface area (TPSA) is 80.9 Å². The molecule has 0 aliphatic heterocycles. The summed E-state index contributed by atoms with van der Waals surface area (Å²) in [5.74, 6) is 3.78. The van der Waals surface area contributed by atoms with Crippen LogP contribution in [0.4, 0.5) is 0 Å². The van der Waals surface area contributed by atoms with Crippen molar-refractivity contribution >= 4 is 35.3 Å². The van der Waals surface area contributed by atoms with E-state index in [1.165, 1.54) is 0 Å². The molecular formula is C14H30O4S3. The molecule has 0 amide bonds. The highest BCUT2D eigenvalue weighted by Crippen LogP contribution is 2.14. The minimum atomic E-state index is -0.397. The van der Waals surface area contributed by atoms with E-state index in [1.807, 2.05) is 13.8 Å². The van der Waals surface area contributed by atoms with Crippen LogP contribution in [-0.2, 0) is 0 Å². The van der Waals surface area contributed by atoms with Crippen molar-refractivity contribution in [1.29, 1.82) is 0 Å². The summed E-state index contributed by atoms with van der Waals surface area (Å²) in [6.45, 7) is 3.88. The fourth-order valence-corrected chi connectivity index (χ4v) is 4.63. The summed E-state index contributed by atoms with van der Waals surface area (Å²) in [6, 6.07) is 0. The van der Waals surface area contributed by atoms with Gasteiger partial charge in [0.15, 0.2) is 0 Å². The molecule has 0 aromatic heterocycles. The Balaban J connectivity index is 3.46. The molecule has 4 unspecified atom stereocenters. The largest absolute Gasteiger partial charge is 0.392 e. The Morgan fingerprint density at radius 1 is 0.524 bits per heavy atom. The van der Waals surface area contributed by atoms with Crippen molar-refractivity contribution in [3.05, 3.63) is 0 Å². The summed E-state index contributed by atoms with van der Waals surface area (Å²) >= 11 is 4.68. The lowest BCUT2D eigenvalue weighted by Gasteiger charge is -2.14. The minimum absolute atomic E-state index is 0.285. The summed E-state index contributed by atoms with van der Waals surface area (Å²) in [7, 11) is 0. The van der Waals surface area contributed by atoms with Crippen LogP contribution in [0.2, 0.25) is 0 Å². The van der Waals surface area contributed by atoms with E-state index in [0.717, 1.165) is 12.8 Å². The Kier molecular flexibility index (Phi) is 15.1. The standard InChI is InChI=1S/C14H30O4S3/c1-3-11(15)5-19-7-13(17)9-21-10-14(18)8-20-6-12(16)4-2/h11-18H,3-10H2,1-2H3.